The maximum Gasteiger partial charge on any atom is 0.243 e. The van der Waals surface area contributed by atoms with Crippen LogP contribution in [0.2, 0.25) is 5.02 Å². The highest BCUT2D eigenvalue weighted by Gasteiger charge is 2.37. The van der Waals surface area contributed by atoms with Crippen LogP contribution < -0.4 is 10.6 Å². The van der Waals surface area contributed by atoms with E-state index in [2.05, 4.69) is 9.88 Å². The molecule has 0 bridgehead atoms. The highest BCUT2D eigenvalue weighted by atomic mass is 35.5. The number of hydrogen-bond acceptors (Lipinski definition) is 5. The zero-order valence-corrected chi connectivity index (χ0v) is 24.0. The normalized spacial score (nSPS) is 14.5. The summed E-state index contributed by atoms with van der Waals surface area (Å²) in [5, 5.41) is 12.2. The van der Waals surface area contributed by atoms with Gasteiger partial charge in [-0.2, -0.15) is 0 Å². The average Bonchev–Trinajstić information content (AvgIpc) is 3.58. The second-order valence-corrected chi connectivity index (χ2v) is 11.3. The molecule has 2 amide bonds. The Kier molecular flexibility index (Phi) is 8.15. The van der Waals surface area contributed by atoms with Gasteiger partial charge in [0, 0.05) is 34.6 Å². The zero-order chi connectivity index (χ0) is 29.1. The highest BCUT2D eigenvalue weighted by molar-refractivity contribution is 6.31. The second kappa shape index (κ2) is 11.8. The molecule has 4 aromatic rings. The first-order chi connectivity index (χ1) is 19.6. The van der Waals surface area contributed by atoms with Gasteiger partial charge >= 0.3 is 0 Å². The number of nitrogens with one attached hydrogen (secondary N) is 1. The van der Waals surface area contributed by atoms with Gasteiger partial charge in [-0.05, 0) is 76.2 Å². The molecule has 1 aliphatic heterocycles. The smallest absolute Gasteiger partial charge is 0.243 e. The molecule has 9 heteroatoms. The van der Waals surface area contributed by atoms with Gasteiger partial charge in [-0.1, -0.05) is 48.0 Å². The van der Waals surface area contributed by atoms with Crippen LogP contribution in [-0.4, -0.2) is 57.7 Å². The molecular weight excluding hydrogens is 538 g/mol. The van der Waals surface area contributed by atoms with Crippen LogP contribution in [-0.2, 0) is 9.59 Å². The van der Waals surface area contributed by atoms with Crippen molar-refractivity contribution in [3.8, 4) is 5.88 Å². The molecule has 0 radical (unpaired) electrons. The monoisotopic (exact) mass is 571 g/mol. The Morgan fingerprint density at radius 1 is 1.05 bits per heavy atom. The van der Waals surface area contributed by atoms with Crippen molar-refractivity contribution in [1.82, 2.24) is 9.88 Å². The predicted octanol–water partition coefficient (Wildman–Crippen LogP) is 5.78. The number of nitrogens with zero attached hydrogens (tertiary/aromatic N) is 3. The number of aromatic hydroxyl groups is 1. The van der Waals surface area contributed by atoms with Crippen LogP contribution in [0, 0.1) is 0 Å². The minimum atomic E-state index is -1.22. The molecule has 212 valence electrons. The van der Waals surface area contributed by atoms with Gasteiger partial charge in [0.05, 0.1) is 22.5 Å². The molecule has 8 nitrogen and oxygen atoms in total. The molecule has 1 saturated heterocycles. The van der Waals surface area contributed by atoms with Crippen LogP contribution in [0.5, 0.6) is 5.88 Å². The summed E-state index contributed by atoms with van der Waals surface area (Å²) in [5.74, 6) is -0.765. The number of carbonyl (C=O) groups excluding carboxylic acids is 2. The molecule has 1 aliphatic rings. The lowest BCUT2D eigenvalue weighted by atomic mass is 9.99. The number of aromatic amines is 1. The van der Waals surface area contributed by atoms with E-state index in [9.17, 15) is 14.7 Å². The Morgan fingerprint density at radius 3 is 2.39 bits per heavy atom. The molecule has 41 heavy (non-hydrogen) atoms. The van der Waals surface area contributed by atoms with Crippen molar-refractivity contribution in [1.29, 1.82) is 0 Å². The number of fused-ring (bicyclic) bond motifs is 1. The number of likely N-dealkylation sites (tertiary alicyclic amines) is 1. The first kappa shape index (κ1) is 28.4. The van der Waals surface area contributed by atoms with Crippen molar-refractivity contribution in [2.75, 3.05) is 24.5 Å². The van der Waals surface area contributed by atoms with Crippen molar-refractivity contribution in [3.05, 3.63) is 88.9 Å². The summed E-state index contributed by atoms with van der Waals surface area (Å²) in [6.07, 6.45) is 2.57. The van der Waals surface area contributed by atoms with E-state index in [1.165, 1.54) is 4.90 Å². The number of benzene rings is 3. The molecule has 2 heterocycles. The first-order valence-corrected chi connectivity index (χ1v) is 14.1. The number of aliphatic imine (C=N–C) groups is 1. The van der Waals surface area contributed by atoms with Gasteiger partial charge in [-0.3, -0.25) is 14.5 Å². The third-order valence-electron chi connectivity index (χ3n) is 7.63. The highest BCUT2D eigenvalue weighted by Crippen LogP contribution is 2.34. The van der Waals surface area contributed by atoms with Gasteiger partial charge < -0.3 is 20.7 Å². The average molecular weight is 572 g/mol. The quantitative estimate of drug-likeness (QED) is 0.221. The number of anilines is 1. The van der Waals surface area contributed by atoms with Gasteiger partial charge in [0.15, 0.2) is 5.88 Å². The van der Waals surface area contributed by atoms with Crippen molar-refractivity contribution in [2.24, 2.45) is 10.7 Å². The van der Waals surface area contributed by atoms with Gasteiger partial charge in [-0.25, -0.2) is 4.99 Å². The summed E-state index contributed by atoms with van der Waals surface area (Å²) < 4.78 is 0. The largest absolute Gasteiger partial charge is 0.494 e. The number of halogens is 1. The van der Waals surface area contributed by atoms with Gasteiger partial charge in [0.1, 0.15) is 5.54 Å². The molecule has 3 aromatic carbocycles. The number of primary amides is 1. The summed E-state index contributed by atoms with van der Waals surface area (Å²) in [6.45, 7) is 5.94. The summed E-state index contributed by atoms with van der Waals surface area (Å²) in [7, 11) is 0. The van der Waals surface area contributed by atoms with Crippen molar-refractivity contribution in [2.45, 2.75) is 38.6 Å². The van der Waals surface area contributed by atoms with Crippen molar-refractivity contribution in [3.63, 3.8) is 0 Å². The van der Waals surface area contributed by atoms with Crippen LogP contribution >= 0.6 is 11.6 Å². The third kappa shape index (κ3) is 5.99. The number of nitrogens with two attached hydrogens (primary N) is 1. The van der Waals surface area contributed by atoms with Crippen molar-refractivity contribution < 1.29 is 14.7 Å². The molecule has 0 aliphatic carbocycles. The minimum absolute atomic E-state index is 0.0144. The fourth-order valence-corrected chi connectivity index (χ4v) is 5.49. The molecule has 0 saturated carbocycles. The van der Waals surface area contributed by atoms with Crippen LogP contribution in [0.1, 0.15) is 44.2 Å². The Bertz CT molecular complexity index is 1590. The number of rotatable bonds is 9. The lowest BCUT2D eigenvalue weighted by molar-refractivity contribution is -0.127. The first-order valence-electron chi connectivity index (χ1n) is 13.7. The molecule has 0 atom stereocenters. The number of carbonyl (C=O) groups is 2. The van der Waals surface area contributed by atoms with Crippen molar-refractivity contribution >= 4 is 51.4 Å². The molecule has 0 unspecified atom stereocenters. The molecule has 4 N–H and O–H groups in total. The Morgan fingerprint density at radius 2 is 1.73 bits per heavy atom. The van der Waals surface area contributed by atoms with E-state index in [1.807, 2.05) is 36.4 Å². The summed E-state index contributed by atoms with van der Waals surface area (Å²) >= 11 is 6.18. The van der Waals surface area contributed by atoms with E-state index in [0.29, 0.717) is 46.2 Å². The standard InChI is InChI=1S/C32H34ClN5O3/c1-32(2,31(34)41)38(27(39)16-19-37-17-6-7-18-37)24-13-11-23(12-14-24)35-29(21-8-4-3-5-9-21)28-25-15-10-22(33)20-26(25)36-30(28)40/h3-5,8-15,20,36,40H,6-7,16-19H2,1-2H3,(H2,34,41). The second-order valence-electron chi connectivity index (χ2n) is 10.8. The van der Waals surface area contributed by atoms with E-state index < -0.39 is 11.4 Å². The summed E-state index contributed by atoms with van der Waals surface area (Å²) in [4.78, 5) is 37.6. The molecule has 5 rings (SSSR count). The Balaban J connectivity index is 1.52. The fourth-order valence-electron chi connectivity index (χ4n) is 5.32. The van der Waals surface area contributed by atoms with Gasteiger partial charge in [0.2, 0.25) is 11.8 Å². The lowest BCUT2D eigenvalue weighted by Gasteiger charge is -2.36. The Labute approximate surface area is 244 Å². The predicted molar refractivity (Wildman–Crippen MR) is 164 cm³/mol. The van der Waals surface area contributed by atoms with E-state index in [4.69, 9.17) is 22.3 Å². The number of H-pyrrole nitrogens is 1. The minimum Gasteiger partial charge on any atom is -0.494 e. The van der Waals surface area contributed by atoms with E-state index in [0.717, 1.165) is 36.9 Å². The summed E-state index contributed by atoms with van der Waals surface area (Å²) in [5.41, 5.74) is 8.33. The van der Waals surface area contributed by atoms with Crippen LogP contribution in [0.15, 0.2) is 77.8 Å². The third-order valence-corrected chi connectivity index (χ3v) is 7.86. The van der Waals surface area contributed by atoms with E-state index in [1.54, 1.807) is 50.2 Å². The Hall–Kier alpha value is -4.14. The van der Waals surface area contributed by atoms with Gasteiger partial charge in [-0.15, -0.1) is 0 Å². The van der Waals surface area contributed by atoms with Crippen LogP contribution in [0.25, 0.3) is 10.9 Å². The van der Waals surface area contributed by atoms with E-state index in [-0.39, 0.29) is 11.8 Å². The maximum absolute atomic E-state index is 13.5. The van der Waals surface area contributed by atoms with Gasteiger partial charge in [0.25, 0.3) is 0 Å². The summed E-state index contributed by atoms with van der Waals surface area (Å²) in [6, 6.07) is 22.1. The zero-order valence-electron chi connectivity index (χ0n) is 23.2. The lowest BCUT2D eigenvalue weighted by Crippen LogP contribution is -2.56. The van der Waals surface area contributed by atoms with Crippen LogP contribution in [0.4, 0.5) is 11.4 Å². The molecule has 0 spiro atoms. The number of aromatic nitrogens is 1. The maximum atomic E-state index is 13.5. The molecular formula is C32H34ClN5O3. The topological polar surface area (TPSA) is 115 Å². The molecule has 1 aromatic heterocycles. The number of hydrogen-bond donors (Lipinski definition) is 3. The van der Waals surface area contributed by atoms with Crippen LogP contribution in [0.3, 0.4) is 0 Å². The SMILES string of the molecule is CC(C)(C(N)=O)N(C(=O)CCN1CCCC1)c1ccc(N=C(c2ccccc2)c2c(O)[nH]c3cc(Cl)ccc23)cc1. The molecule has 1 fully saturated rings. The fraction of sp³-hybridized carbons (Fsp3) is 0.281. The number of amides is 2. The van der Waals surface area contributed by atoms with E-state index >= 15 is 0 Å².